The van der Waals surface area contributed by atoms with Gasteiger partial charge in [-0.15, -0.1) is 0 Å². The van der Waals surface area contributed by atoms with Crippen molar-refractivity contribution < 1.29 is 24.3 Å². The van der Waals surface area contributed by atoms with Crippen molar-refractivity contribution in [1.29, 1.82) is 0 Å². The van der Waals surface area contributed by atoms with E-state index in [1.54, 1.807) is 6.08 Å². The van der Waals surface area contributed by atoms with Gasteiger partial charge in [0, 0.05) is 11.6 Å². The number of hydroxylamine groups is 1. The number of hydrogen-bond acceptors (Lipinski definition) is 4. The van der Waals surface area contributed by atoms with E-state index in [9.17, 15) is 9.59 Å². The average molecular weight is 532 g/mol. The molecule has 4 bridgehead atoms. The molecule has 4 aliphatic carbocycles. The number of ether oxygens (including phenoxy) is 1. The number of rotatable bonds is 15. The van der Waals surface area contributed by atoms with Gasteiger partial charge in [-0.25, -0.2) is 10.3 Å². The quantitative estimate of drug-likeness (QED) is 0.113. The highest BCUT2D eigenvalue weighted by Gasteiger charge is 2.52. The van der Waals surface area contributed by atoms with E-state index >= 15 is 0 Å². The minimum atomic E-state index is -0.937. The van der Waals surface area contributed by atoms with Crippen LogP contribution in [-0.2, 0) is 19.8 Å². The Kier molecular flexibility index (Phi) is 9.02. The first-order valence-electron chi connectivity index (χ1n) is 14.6. The zero-order chi connectivity index (χ0) is 27.1. The van der Waals surface area contributed by atoms with Crippen molar-refractivity contribution in [2.75, 3.05) is 13.2 Å². The van der Waals surface area contributed by atoms with E-state index < -0.39 is 5.97 Å². The van der Waals surface area contributed by atoms with E-state index in [4.69, 9.17) is 14.7 Å². The molecule has 6 rings (SSSR count). The second-order valence-electron chi connectivity index (χ2n) is 11.9. The summed E-state index contributed by atoms with van der Waals surface area (Å²) in [5, 5.41) is 8.92. The molecule has 0 unspecified atom stereocenters. The van der Waals surface area contributed by atoms with Crippen LogP contribution in [0.3, 0.4) is 0 Å². The molecule has 4 aliphatic rings. The molecular formula is C33H41NO5. The number of benzene rings is 2. The Labute approximate surface area is 231 Å². The van der Waals surface area contributed by atoms with E-state index in [2.05, 4.69) is 35.8 Å². The van der Waals surface area contributed by atoms with Crippen LogP contribution in [0, 0.1) is 17.8 Å². The number of carboxylic acid groups (broad SMARTS) is 1. The van der Waals surface area contributed by atoms with Gasteiger partial charge in [-0.3, -0.25) is 9.63 Å². The smallest absolute Gasteiger partial charge is 0.328 e. The number of hydrogen-bond donors (Lipinski definition) is 2. The molecule has 2 aromatic carbocycles. The lowest BCUT2D eigenvalue weighted by Gasteiger charge is -2.57. The molecular weight excluding hydrogens is 490 g/mol. The molecule has 0 aliphatic heterocycles. The number of nitrogens with one attached hydrogen (secondary N) is 1. The van der Waals surface area contributed by atoms with Crippen LogP contribution in [-0.4, -0.2) is 30.7 Å². The largest absolute Gasteiger partial charge is 0.493 e. The number of aliphatic carboxylic acids is 1. The fourth-order valence-electron chi connectivity index (χ4n) is 7.73. The van der Waals surface area contributed by atoms with Gasteiger partial charge in [-0.2, -0.15) is 0 Å². The van der Waals surface area contributed by atoms with Crippen molar-refractivity contribution in [1.82, 2.24) is 5.48 Å². The van der Waals surface area contributed by atoms with Crippen molar-refractivity contribution in [3.8, 4) is 16.9 Å². The van der Waals surface area contributed by atoms with Crippen LogP contribution in [0.1, 0.15) is 81.8 Å². The molecule has 0 spiro atoms. The van der Waals surface area contributed by atoms with E-state index in [1.807, 2.05) is 12.1 Å². The van der Waals surface area contributed by atoms with Gasteiger partial charge in [0.15, 0.2) is 0 Å². The summed E-state index contributed by atoms with van der Waals surface area (Å²) < 4.78 is 6.51. The van der Waals surface area contributed by atoms with Gasteiger partial charge in [-0.1, -0.05) is 49.6 Å². The Morgan fingerprint density at radius 1 is 0.872 bits per heavy atom. The van der Waals surface area contributed by atoms with Gasteiger partial charge in [0.05, 0.1) is 13.2 Å². The maximum Gasteiger partial charge on any atom is 0.328 e. The lowest BCUT2D eigenvalue weighted by Crippen LogP contribution is -2.48. The summed E-state index contributed by atoms with van der Waals surface area (Å²) in [6, 6.07) is 14.9. The predicted molar refractivity (Wildman–Crippen MR) is 152 cm³/mol. The molecule has 2 aromatic rings. The standard InChI is InChI=1S/C33H41NO5/c35-23-34-39-15-5-3-1-2-4-14-38-31-12-11-29(28-9-6-24(7-10-28)8-13-32(36)37)19-30(31)33-20-25-16-26(21-33)18-27(17-25)22-33/h6-13,19,23,25-27H,1-5,14-18,20-22H2,(H,34,35)(H,36,37)/b13-8+. The van der Waals surface area contributed by atoms with Gasteiger partial charge < -0.3 is 9.84 Å². The second-order valence-corrected chi connectivity index (χ2v) is 11.9. The molecule has 0 radical (unpaired) electrons. The summed E-state index contributed by atoms with van der Waals surface area (Å²) >= 11 is 0. The third-order valence-corrected chi connectivity index (χ3v) is 9.03. The summed E-state index contributed by atoms with van der Waals surface area (Å²) in [7, 11) is 0. The first-order chi connectivity index (χ1) is 19.0. The number of unbranched alkanes of at least 4 members (excludes halogenated alkanes) is 4. The molecule has 0 aromatic heterocycles. The Morgan fingerprint density at radius 3 is 2.13 bits per heavy atom. The van der Waals surface area contributed by atoms with Crippen LogP contribution < -0.4 is 10.2 Å². The van der Waals surface area contributed by atoms with Gasteiger partial charge in [-0.05, 0) is 109 Å². The van der Waals surface area contributed by atoms with Crippen LogP contribution in [0.4, 0.5) is 0 Å². The molecule has 6 heteroatoms. The minimum Gasteiger partial charge on any atom is -0.493 e. The van der Waals surface area contributed by atoms with Crippen LogP contribution in [0.15, 0.2) is 48.5 Å². The van der Waals surface area contributed by atoms with E-state index in [0.717, 1.165) is 73.3 Å². The van der Waals surface area contributed by atoms with Crippen molar-refractivity contribution in [2.24, 2.45) is 17.8 Å². The van der Waals surface area contributed by atoms with Gasteiger partial charge in [0.25, 0.3) is 0 Å². The van der Waals surface area contributed by atoms with Gasteiger partial charge in [0.2, 0.25) is 6.41 Å². The number of carbonyl (C=O) groups excluding carboxylic acids is 1. The van der Waals surface area contributed by atoms with Crippen molar-refractivity contribution in [3.63, 3.8) is 0 Å². The molecule has 6 nitrogen and oxygen atoms in total. The predicted octanol–water partition coefficient (Wildman–Crippen LogP) is 6.93. The Balaban J connectivity index is 1.28. The highest BCUT2D eigenvalue weighted by Crippen LogP contribution is 2.62. The molecule has 0 heterocycles. The monoisotopic (exact) mass is 531 g/mol. The van der Waals surface area contributed by atoms with Crippen molar-refractivity contribution >= 4 is 18.5 Å². The number of carboxylic acids is 1. The fraction of sp³-hybridized carbons (Fsp3) is 0.515. The molecule has 0 atom stereocenters. The highest BCUT2D eigenvalue weighted by molar-refractivity contribution is 5.85. The van der Waals surface area contributed by atoms with Gasteiger partial charge >= 0.3 is 5.97 Å². The van der Waals surface area contributed by atoms with Crippen LogP contribution >= 0.6 is 0 Å². The summed E-state index contributed by atoms with van der Waals surface area (Å²) in [5.74, 6) is 2.71. The molecule has 1 amide bonds. The second kappa shape index (κ2) is 12.8. The van der Waals surface area contributed by atoms with Crippen molar-refractivity contribution in [2.45, 2.75) is 76.0 Å². The number of amides is 1. The molecule has 39 heavy (non-hydrogen) atoms. The minimum absolute atomic E-state index is 0.236. The third-order valence-electron chi connectivity index (χ3n) is 9.03. The van der Waals surface area contributed by atoms with E-state index in [1.165, 1.54) is 55.7 Å². The maximum absolute atomic E-state index is 10.9. The average Bonchev–Trinajstić information content (AvgIpc) is 2.92. The zero-order valence-corrected chi connectivity index (χ0v) is 22.8. The fourth-order valence-corrected chi connectivity index (χ4v) is 7.73. The summed E-state index contributed by atoms with van der Waals surface area (Å²) in [5.41, 5.74) is 7.11. The first-order valence-corrected chi connectivity index (χ1v) is 14.6. The van der Waals surface area contributed by atoms with Crippen molar-refractivity contribution in [3.05, 3.63) is 59.7 Å². The molecule has 4 saturated carbocycles. The SMILES string of the molecule is O=CNOCCCCCCCOc1ccc(-c2ccc(/C=C/C(=O)O)cc2)cc1C12CC3CC(CC(C3)C1)C2. The normalized spacial score (nSPS) is 25.2. The molecule has 4 fully saturated rings. The van der Waals surface area contributed by atoms with E-state index in [0.29, 0.717) is 13.0 Å². The topological polar surface area (TPSA) is 84.9 Å². The maximum atomic E-state index is 10.9. The lowest BCUT2D eigenvalue weighted by molar-refractivity contribution is -0.131. The summed E-state index contributed by atoms with van der Waals surface area (Å²) in [6.07, 6.45) is 16.8. The summed E-state index contributed by atoms with van der Waals surface area (Å²) in [6.45, 7) is 1.28. The third kappa shape index (κ3) is 6.91. The molecule has 208 valence electrons. The van der Waals surface area contributed by atoms with Crippen LogP contribution in [0.2, 0.25) is 0 Å². The lowest BCUT2D eigenvalue weighted by atomic mass is 9.48. The highest BCUT2D eigenvalue weighted by atomic mass is 16.6. The van der Waals surface area contributed by atoms with Crippen LogP contribution in [0.25, 0.3) is 17.2 Å². The van der Waals surface area contributed by atoms with Gasteiger partial charge in [0.1, 0.15) is 5.75 Å². The number of carbonyl (C=O) groups is 2. The van der Waals surface area contributed by atoms with E-state index in [-0.39, 0.29) is 5.41 Å². The Morgan fingerprint density at radius 2 is 1.49 bits per heavy atom. The first kappa shape index (κ1) is 27.4. The molecule has 2 N–H and O–H groups in total. The molecule has 0 saturated heterocycles. The van der Waals surface area contributed by atoms with Crippen LogP contribution in [0.5, 0.6) is 5.75 Å². The Hall–Kier alpha value is -3.12. The zero-order valence-electron chi connectivity index (χ0n) is 22.8. The summed E-state index contributed by atoms with van der Waals surface area (Å²) in [4.78, 5) is 26.1. The Bertz CT molecular complexity index is 1120.